The largest absolute Gasteiger partial charge is 0.466 e. The molecule has 0 unspecified atom stereocenters. The van der Waals surface area contributed by atoms with Gasteiger partial charge in [0.2, 0.25) is 3.79 Å². The molecule has 0 aromatic heterocycles. The molecule has 80 valence electrons. The van der Waals surface area contributed by atoms with E-state index in [-0.39, 0.29) is 0 Å². The molecule has 0 spiro atoms. The number of hydrogen-bond acceptors (Lipinski definition) is 4. The summed E-state index contributed by atoms with van der Waals surface area (Å²) < 4.78 is 6.56. The van der Waals surface area contributed by atoms with Crippen LogP contribution < -0.4 is 0 Å². The molecular formula is C7H7Cl3O4. The van der Waals surface area contributed by atoms with Crippen molar-refractivity contribution in [3.8, 4) is 0 Å². The standard InChI is InChI=1S/C7H7Cl3O4/c1-13-5(11)3-4(6(12)14-2)7(8,9)10/h3H,1-2H3/b4-3+. The Bertz CT molecular complexity index is 267. The highest BCUT2D eigenvalue weighted by Crippen LogP contribution is 2.35. The molecule has 0 aliphatic rings. The molecule has 0 N–H and O–H groups in total. The monoisotopic (exact) mass is 260 g/mol. The van der Waals surface area contributed by atoms with Crippen molar-refractivity contribution >= 4 is 46.7 Å². The summed E-state index contributed by atoms with van der Waals surface area (Å²) >= 11 is 16.3. The van der Waals surface area contributed by atoms with Gasteiger partial charge in [-0.2, -0.15) is 0 Å². The molecule has 14 heavy (non-hydrogen) atoms. The SMILES string of the molecule is COC(=O)/C=C(\C(=O)OC)C(Cl)(Cl)Cl. The van der Waals surface area contributed by atoms with Gasteiger partial charge in [-0.1, -0.05) is 34.8 Å². The Kier molecular flexibility index (Phi) is 5.26. The van der Waals surface area contributed by atoms with E-state index < -0.39 is 21.3 Å². The highest BCUT2D eigenvalue weighted by atomic mass is 35.6. The Morgan fingerprint density at radius 2 is 1.64 bits per heavy atom. The maximum atomic E-state index is 11.1. The number of halogens is 3. The van der Waals surface area contributed by atoms with Crippen LogP contribution in [-0.2, 0) is 19.1 Å². The van der Waals surface area contributed by atoms with Crippen LogP contribution in [0.25, 0.3) is 0 Å². The average molecular weight is 261 g/mol. The summed E-state index contributed by atoms with van der Waals surface area (Å²) in [6, 6.07) is 0. The fourth-order valence-electron chi connectivity index (χ4n) is 0.543. The lowest BCUT2D eigenvalue weighted by Gasteiger charge is -2.12. The second-order valence-corrected chi connectivity index (χ2v) is 4.35. The Morgan fingerprint density at radius 3 is 1.93 bits per heavy atom. The third-order valence-corrected chi connectivity index (χ3v) is 1.78. The molecule has 0 amide bonds. The van der Waals surface area contributed by atoms with E-state index in [1.165, 1.54) is 0 Å². The van der Waals surface area contributed by atoms with Crippen LogP contribution in [0.4, 0.5) is 0 Å². The average Bonchev–Trinajstić information content (AvgIpc) is 2.10. The van der Waals surface area contributed by atoms with E-state index in [9.17, 15) is 9.59 Å². The number of ether oxygens (including phenoxy) is 2. The van der Waals surface area contributed by atoms with Gasteiger partial charge in [0.05, 0.1) is 19.8 Å². The van der Waals surface area contributed by atoms with Crippen LogP contribution in [0.1, 0.15) is 0 Å². The van der Waals surface area contributed by atoms with Crippen LogP contribution in [-0.4, -0.2) is 30.0 Å². The van der Waals surface area contributed by atoms with Gasteiger partial charge in [-0.05, 0) is 0 Å². The van der Waals surface area contributed by atoms with Crippen molar-refractivity contribution < 1.29 is 19.1 Å². The first kappa shape index (κ1) is 13.5. The summed E-state index contributed by atoms with van der Waals surface area (Å²) in [7, 11) is 2.23. The lowest BCUT2D eigenvalue weighted by atomic mass is 10.3. The van der Waals surface area contributed by atoms with E-state index in [0.29, 0.717) is 0 Å². The maximum Gasteiger partial charge on any atom is 0.338 e. The summed E-state index contributed by atoms with van der Waals surface area (Å²) in [5, 5.41) is 0. The summed E-state index contributed by atoms with van der Waals surface area (Å²) in [5.41, 5.74) is -0.406. The van der Waals surface area contributed by atoms with Crippen LogP contribution >= 0.6 is 34.8 Å². The first-order valence-electron chi connectivity index (χ1n) is 3.28. The molecular weight excluding hydrogens is 254 g/mol. The number of carbonyl (C=O) groups excluding carboxylic acids is 2. The van der Waals surface area contributed by atoms with Crippen molar-refractivity contribution in [2.75, 3.05) is 14.2 Å². The molecule has 0 rings (SSSR count). The molecule has 0 atom stereocenters. The molecule has 0 aliphatic heterocycles. The summed E-state index contributed by atoms with van der Waals surface area (Å²) in [5.74, 6) is -1.72. The van der Waals surface area contributed by atoms with Gasteiger partial charge in [-0.25, -0.2) is 9.59 Å². The van der Waals surface area contributed by atoms with Gasteiger partial charge in [-0.15, -0.1) is 0 Å². The van der Waals surface area contributed by atoms with Gasteiger partial charge in [0.1, 0.15) is 0 Å². The van der Waals surface area contributed by atoms with Gasteiger partial charge >= 0.3 is 11.9 Å². The number of rotatable bonds is 2. The van der Waals surface area contributed by atoms with Crippen LogP contribution in [0.2, 0.25) is 0 Å². The van der Waals surface area contributed by atoms with E-state index in [4.69, 9.17) is 34.8 Å². The molecule has 0 saturated carbocycles. The first-order valence-corrected chi connectivity index (χ1v) is 4.41. The van der Waals surface area contributed by atoms with Crippen molar-refractivity contribution in [1.82, 2.24) is 0 Å². The topological polar surface area (TPSA) is 52.6 Å². The highest BCUT2D eigenvalue weighted by Gasteiger charge is 2.33. The lowest BCUT2D eigenvalue weighted by Crippen LogP contribution is -2.19. The summed E-state index contributed by atoms with van der Waals surface area (Å²) in [6.45, 7) is 0. The molecule has 0 aromatic carbocycles. The van der Waals surface area contributed by atoms with Gasteiger partial charge in [0, 0.05) is 6.08 Å². The first-order chi connectivity index (χ1) is 6.32. The van der Waals surface area contributed by atoms with Crippen LogP contribution in [0.5, 0.6) is 0 Å². The van der Waals surface area contributed by atoms with Crippen molar-refractivity contribution in [1.29, 1.82) is 0 Å². The zero-order valence-corrected chi connectivity index (χ0v) is 9.61. The molecule has 0 fully saturated rings. The van der Waals surface area contributed by atoms with Gasteiger partial charge in [-0.3, -0.25) is 0 Å². The molecule has 0 aromatic rings. The fraction of sp³-hybridized carbons (Fsp3) is 0.429. The zero-order chi connectivity index (χ0) is 11.4. The van der Waals surface area contributed by atoms with Crippen molar-refractivity contribution in [2.24, 2.45) is 0 Å². The van der Waals surface area contributed by atoms with E-state index >= 15 is 0 Å². The second kappa shape index (κ2) is 5.44. The summed E-state index contributed by atoms with van der Waals surface area (Å²) in [6.07, 6.45) is 0.763. The molecule has 0 radical (unpaired) electrons. The molecule has 7 heteroatoms. The van der Waals surface area contributed by atoms with Crippen LogP contribution in [0, 0.1) is 0 Å². The van der Waals surface area contributed by atoms with Gasteiger partial charge < -0.3 is 9.47 Å². The predicted octanol–water partition coefficient (Wildman–Crippen LogP) is 1.63. The van der Waals surface area contributed by atoms with Crippen LogP contribution in [0.3, 0.4) is 0 Å². The number of alkyl halides is 3. The van der Waals surface area contributed by atoms with Crippen LogP contribution in [0.15, 0.2) is 11.6 Å². The number of methoxy groups -OCH3 is 2. The van der Waals surface area contributed by atoms with Gasteiger partial charge in [0.15, 0.2) is 0 Å². The molecule has 0 aliphatic carbocycles. The Morgan fingerprint density at radius 1 is 1.14 bits per heavy atom. The zero-order valence-electron chi connectivity index (χ0n) is 7.34. The molecule has 0 bridgehead atoms. The molecule has 4 nitrogen and oxygen atoms in total. The predicted molar refractivity (Wildman–Crippen MR) is 52.4 cm³/mol. The Balaban J connectivity index is 5.02. The van der Waals surface area contributed by atoms with Crippen molar-refractivity contribution in [2.45, 2.75) is 3.79 Å². The van der Waals surface area contributed by atoms with E-state index in [0.717, 1.165) is 20.3 Å². The molecule has 0 saturated heterocycles. The number of hydrogen-bond donors (Lipinski definition) is 0. The number of carbonyl (C=O) groups is 2. The highest BCUT2D eigenvalue weighted by molar-refractivity contribution is 6.71. The normalized spacial score (nSPS) is 12.2. The third kappa shape index (κ3) is 4.17. The van der Waals surface area contributed by atoms with E-state index in [2.05, 4.69) is 9.47 Å². The van der Waals surface area contributed by atoms with Gasteiger partial charge in [0.25, 0.3) is 0 Å². The number of esters is 2. The smallest absolute Gasteiger partial charge is 0.338 e. The maximum absolute atomic E-state index is 11.1. The minimum absolute atomic E-state index is 0.406. The quantitative estimate of drug-likeness (QED) is 0.431. The summed E-state index contributed by atoms with van der Waals surface area (Å²) in [4.78, 5) is 21.9. The van der Waals surface area contributed by atoms with Crippen molar-refractivity contribution in [3.63, 3.8) is 0 Å². The fourth-order valence-corrected chi connectivity index (χ4v) is 0.938. The Labute approximate surface area is 95.7 Å². The van der Waals surface area contributed by atoms with Crippen molar-refractivity contribution in [3.05, 3.63) is 11.6 Å². The minimum Gasteiger partial charge on any atom is -0.466 e. The third-order valence-electron chi connectivity index (χ3n) is 1.17. The van der Waals surface area contributed by atoms with E-state index in [1.807, 2.05) is 0 Å². The lowest BCUT2D eigenvalue weighted by molar-refractivity contribution is -0.138. The van der Waals surface area contributed by atoms with E-state index in [1.54, 1.807) is 0 Å². The minimum atomic E-state index is -2.03. The Hall–Kier alpha value is -0.450. The molecule has 0 heterocycles. The second-order valence-electron chi connectivity index (χ2n) is 2.07.